The van der Waals surface area contributed by atoms with Crippen molar-refractivity contribution < 1.29 is 24.2 Å². The average Bonchev–Trinajstić information content (AvgIpc) is 2.79. The molecule has 0 radical (unpaired) electrons. The van der Waals surface area contributed by atoms with E-state index in [9.17, 15) is 19.5 Å². The van der Waals surface area contributed by atoms with Gasteiger partial charge in [0, 0.05) is 12.2 Å². The molecule has 0 N–H and O–H groups in total. The first-order valence-corrected chi connectivity index (χ1v) is 7.90. The molecule has 0 atom stereocenters. The average molecular weight is 342 g/mol. The number of amides is 1. The molecule has 0 fully saturated rings. The van der Waals surface area contributed by atoms with Crippen LogP contribution in [0, 0.1) is 5.92 Å². The molecule has 0 aromatic heterocycles. The van der Waals surface area contributed by atoms with Crippen LogP contribution in [0.5, 0.6) is 0 Å². The lowest BCUT2D eigenvalue weighted by Crippen LogP contribution is -2.28. The number of carboxylic acid groups (broad SMARTS) is 1. The van der Waals surface area contributed by atoms with E-state index >= 15 is 0 Å². The quantitative estimate of drug-likeness (QED) is 0.596. The summed E-state index contributed by atoms with van der Waals surface area (Å²) in [6.07, 6.45) is 1.57. The Morgan fingerprint density at radius 1 is 1.24 bits per heavy atom. The Balaban J connectivity index is 2.47. The fourth-order valence-corrected chi connectivity index (χ4v) is 2.70. The summed E-state index contributed by atoms with van der Waals surface area (Å²) in [6.45, 7) is 6.18. The number of methoxy groups -OCH3 is 1. The summed E-state index contributed by atoms with van der Waals surface area (Å²) in [7, 11) is 1.27. The van der Waals surface area contributed by atoms with Crippen LogP contribution >= 0.6 is 0 Å². The molecule has 1 heterocycles. The van der Waals surface area contributed by atoms with Gasteiger partial charge in [-0.15, -0.1) is 0 Å². The third-order valence-electron chi connectivity index (χ3n) is 3.91. The van der Waals surface area contributed by atoms with Crippen LogP contribution in [0.2, 0.25) is 0 Å². The molecule has 0 bridgehead atoms. The lowest BCUT2D eigenvalue weighted by atomic mass is 10.0. The van der Waals surface area contributed by atoms with Gasteiger partial charge in [0.2, 0.25) is 0 Å². The van der Waals surface area contributed by atoms with Gasteiger partial charge in [-0.25, -0.2) is 4.79 Å². The number of rotatable bonds is 5. The van der Waals surface area contributed by atoms with E-state index < -0.39 is 11.9 Å². The minimum absolute atomic E-state index is 0.0428. The first-order chi connectivity index (χ1) is 11.8. The van der Waals surface area contributed by atoms with Crippen molar-refractivity contribution in [1.82, 2.24) is 4.90 Å². The Morgan fingerprint density at radius 2 is 1.84 bits per heavy atom. The second-order valence-corrected chi connectivity index (χ2v) is 6.23. The largest absolute Gasteiger partial charge is 0.545 e. The van der Waals surface area contributed by atoms with Crippen molar-refractivity contribution in [1.29, 1.82) is 0 Å². The first-order valence-electron chi connectivity index (χ1n) is 7.90. The van der Waals surface area contributed by atoms with Crippen LogP contribution in [-0.2, 0) is 14.3 Å². The van der Waals surface area contributed by atoms with Crippen LogP contribution in [0.1, 0.15) is 36.7 Å². The number of ether oxygens (including phenoxy) is 1. The lowest BCUT2D eigenvalue weighted by molar-refractivity contribution is -0.255. The minimum Gasteiger partial charge on any atom is -0.545 e. The maximum atomic E-state index is 12.8. The van der Waals surface area contributed by atoms with Gasteiger partial charge in [-0.1, -0.05) is 38.1 Å². The van der Waals surface area contributed by atoms with Crippen molar-refractivity contribution in [2.75, 3.05) is 13.7 Å². The maximum absolute atomic E-state index is 12.8. The molecule has 0 unspecified atom stereocenters. The van der Waals surface area contributed by atoms with Gasteiger partial charge in [-0.2, -0.15) is 0 Å². The normalized spacial score (nSPS) is 16.1. The Morgan fingerprint density at radius 3 is 2.32 bits per heavy atom. The zero-order valence-corrected chi connectivity index (χ0v) is 14.7. The highest BCUT2D eigenvalue weighted by atomic mass is 16.5. The summed E-state index contributed by atoms with van der Waals surface area (Å²) < 4.78 is 4.82. The van der Waals surface area contributed by atoms with Crippen molar-refractivity contribution in [2.45, 2.75) is 20.8 Å². The van der Waals surface area contributed by atoms with Crippen molar-refractivity contribution >= 4 is 23.9 Å². The summed E-state index contributed by atoms with van der Waals surface area (Å²) in [6, 6.07) is 5.89. The number of hydrogen-bond acceptors (Lipinski definition) is 5. The Hall–Kier alpha value is -2.89. The highest BCUT2D eigenvalue weighted by Gasteiger charge is 2.37. The molecule has 0 saturated heterocycles. The van der Waals surface area contributed by atoms with Crippen LogP contribution in [0.3, 0.4) is 0 Å². The molecule has 6 nitrogen and oxygen atoms in total. The van der Waals surface area contributed by atoms with E-state index in [1.165, 1.54) is 19.2 Å². The van der Waals surface area contributed by atoms with E-state index in [-0.39, 0.29) is 28.5 Å². The predicted octanol–water partition coefficient (Wildman–Crippen LogP) is 1.38. The highest BCUT2D eigenvalue weighted by Crippen LogP contribution is 2.32. The number of carbonyl (C=O) groups is 3. The second-order valence-electron chi connectivity index (χ2n) is 6.23. The van der Waals surface area contributed by atoms with Crippen molar-refractivity contribution in [3.05, 3.63) is 52.2 Å². The molecule has 1 aromatic carbocycles. The lowest BCUT2D eigenvalue weighted by Gasteiger charge is -2.19. The topological polar surface area (TPSA) is 86.7 Å². The molecule has 25 heavy (non-hydrogen) atoms. The van der Waals surface area contributed by atoms with Crippen LogP contribution in [0.15, 0.2) is 41.1 Å². The monoisotopic (exact) mass is 342 g/mol. The predicted molar refractivity (Wildman–Crippen MR) is 90.0 cm³/mol. The summed E-state index contributed by atoms with van der Waals surface area (Å²) in [5, 5.41) is 10.8. The van der Waals surface area contributed by atoms with Crippen LogP contribution in [0.4, 0.5) is 0 Å². The highest BCUT2D eigenvalue weighted by molar-refractivity contribution is 6.16. The first kappa shape index (κ1) is 18.4. The standard InChI is InChI=1S/C19H21NO5/c1-11(2)10-20-12(3)16(19(24)25-4)15(17(20)21)9-13-5-7-14(8-6-13)18(22)23/h5-9,11H,10H2,1-4H3,(H,22,23)/p-1/b15-9-. The molecule has 2 rings (SSSR count). The van der Waals surface area contributed by atoms with Gasteiger partial charge in [0.05, 0.1) is 24.2 Å². The molecule has 1 amide bonds. The molecule has 1 aliphatic rings. The second kappa shape index (κ2) is 7.34. The smallest absolute Gasteiger partial charge is 0.340 e. The van der Waals surface area contributed by atoms with Gasteiger partial charge in [0.1, 0.15) is 0 Å². The molecule has 132 valence electrons. The zero-order valence-electron chi connectivity index (χ0n) is 14.7. The third-order valence-corrected chi connectivity index (χ3v) is 3.91. The van der Waals surface area contributed by atoms with E-state index in [2.05, 4.69) is 0 Å². The van der Waals surface area contributed by atoms with Crippen LogP contribution in [0.25, 0.3) is 6.08 Å². The zero-order chi connectivity index (χ0) is 18.7. The number of allylic oxidation sites excluding steroid dienone is 1. The third kappa shape index (κ3) is 3.79. The molecule has 0 spiro atoms. The van der Waals surface area contributed by atoms with Crippen LogP contribution in [-0.4, -0.2) is 36.4 Å². The fraction of sp³-hybridized carbons (Fsp3) is 0.316. The molecular formula is C19H20NO5-. The van der Waals surface area contributed by atoms with Gasteiger partial charge in [0.25, 0.3) is 5.91 Å². The van der Waals surface area contributed by atoms with Crippen molar-refractivity contribution in [3.63, 3.8) is 0 Å². The molecular weight excluding hydrogens is 322 g/mol. The summed E-state index contributed by atoms with van der Waals surface area (Å²) >= 11 is 0. The van der Waals surface area contributed by atoms with Gasteiger partial charge in [0.15, 0.2) is 0 Å². The number of nitrogens with zero attached hydrogens (tertiary/aromatic N) is 1. The molecule has 0 saturated carbocycles. The number of carboxylic acids is 1. The number of benzene rings is 1. The van der Waals surface area contributed by atoms with Crippen LogP contribution < -0.4 is 5.11 Å². The number of carbonyl (C=O) groups excluding carboxylic acids is 3. The minimum atomic E-state index is -1.27. The fourth-order valence-electron chi connectivity index (χ4n) is 2.70. The molecule has 6 heteroatoms. The molecule has 1 aromatic rings. The number of hydrogen-bond donors (Lipinski definition) is 0. The SMILES string of the molecule is COC(=O)C1=C(C)N(CC(C)C)C(=O)/C1=C\c1ccc(C(=O)[O-])cc1. The van der Waals surface area contributed by atoms with Gasteiger partial charge < -0.3 is 19.5 Å². The van der Waals surface area contributed by atoms with E-state index in [1.807, 2.05) is 13.8 Å². The van der Waals surface area contributed by atoms with E-state index in [0.717, 1.165) is 0 Å². The molecule has 0 aliphatic carbocycles. The number of aromatic carboxylic acids is 1. The summed E-state index contributed by atoms with van der Waals surface area (Å²) in [4.78, 5) is 37.3. The molecule has 1 aliphatic heterocycles. The summed E-state index contributed by atoms with van der Waals surface area (Å²) in [5.74, 6) is -1.88. The van der Waals surface area contributed by atoms with Gasteiger partial charge in [-0.3, -0.25) is 4.79 Å². The van der Waals surface area contributed by atoms with E-state index in [0.29, 0.717) is 17.8 Å². The van der Waals surface area contributed by atoms with Gasteiger partial charge in [-0.05, 0) is 30.0 Å². The Labute approximate surface area is 146 Å². The Kier molecular flexibility index (Phi) is 5.41. The van der Waals surface area contributed by atoms with E-state index in [1.54, 1.807) is 30.0 Å². The van der Waals surface area contributed by atoms with E-state index in [4.69, 9.17) is 4.74 Å². The van der Waals surface area contributed by atoms with Crippen molar-refractivity contribution in [3.8, 4) is 0 Å². The number of esters is 1. The summed E-state index contributed by atoms with van der Waals surface area (Å²) in [5.41, 5.74) is 1.68. The maximum Gasteiger partial charge on any atom is 0.340 e. The van der Waals surface area contributed by atoms with Gasteiger partial charge >= 0.3 is 5.97 Å². The van der Waals surface area contributed by atoms with Crippen molar-refractivity contribution in [2.24, 2.45) is 5.92 Å². The Bertz CT molecular complexity index is 772.